The molecule has 0 atom stereocenters. The molecule has 10 heteroatoms. The zero-order chi connectivity index (χ0) is 23.6. The Balaban J connectivity index is 1.49. The van der Waals surface area contributed by atoms with E-state index in [1.807, 2.05) is 29.5 Å². The molecule has 0 radical (unpaired) electrons. The van der Waals surface area contributed by atoms with Crippen molar-refractivity contribution < 1.29 is 17.9 Å². The van der Waals surface area contributed by atoms with E-state index in [0.29, 0.717) is 50.2 Å². The summed E-state index contributed by atoms with van der Waals surface area (Å²) in [6.45, 7) is 6.55. The highest BCUT2D eigenvalue weighted by Crippen LogP contribution is 2.29. The van der Waals surface area contributed by atoms with Gasteiger partial charge in [0.15, 0.2) is 5.16 Å². The monoisotopic (exact) mass is 494 g/mol. The van der Waals surface area contributed by atoms with E-state index < -0.39 is 10.0 Å². The van der Waals surface area contributed by atoms with E-state index >= 15 is 0 Å². The molecule has 1 amide bonds. The van der Waals surface area contributed by atoms with E-state index in [1.54, 1.807) is 12.1 Å². The minimum Gasteiger partial charge on any atom is -0.379 e. The van der Waals surface area contributed by atoms with Gasteiger partial charge in [-0.1, -0.05) is 18.7 Å². The maximum Gasteiger partial charge on any atom is 0.243 e. The van der Waals surface area contributed by atoms with Crippen molar-refractivity contribution in [2.45, 2.75) is 62.2 Å². The lowest BCUT2D eigenvalue weighted by molar-refractivity contribution is -0.129. The Hall–Kier alpha value is -1.62. The molecule has 1 aromatic heterocycles. The standard InChI is InChI=1S/C23H34N4O4S2/c1-4-27-21-10-9-19(33(29,30)26-11-13-31-14-12-26)15-20(21)24-23(27)32-16-22(28)25(3)18-7-5-17(2)6-8-18/h9-10,15,17-18H,4-8,11-14,16H2,1-3H3. The average Bonchev–Trinajstić information content (AvgIpc) is 3.19. The van der Waals surface area contributed by atoms with Crippen LogP contribution in [0.2, 0.25) is 0 Å². The minimum atomic E-state index is -3.58. The molecular weight excluding hydrogens is 460 g/mol. The average molecular weight is 495 g/mol. The van der Waals surface area contributed by atoms with Crippen molar-refractivity contribution in [3.05, 3.63) is 18.2 Å². The van der Waals surface area contributed by atoms with Crippen LogP contribution < -0.4 is 0 Å². The number of hydrogen-bond acceptors (Lipinski definition) is 6. The molecule has 0 N–H and O–H groups in total. The second-order valence-electron chi connectivity index (χ2n) is 9.01. The fourth-order valence-corrected chi connectivity index (χ4v) is 7.09. The summed E-state index contributed by atoms with van der Waals surface area (Å²) in [5.41, 5.74) is 1.51. The molecule has 1 saturated carbocycles. The molecule has 33 heavy (non-hydrogen) atoms. The number of thioether (sulfide) groups is 1. The third-order valence-corrected chi connectivity index (χ3v) is 9.72. The fourth-order valence-electron chi connectivity index (χ4n) is 4.66. The molecule has 1 saturated heterocycles. The molecule has 1 aliphatic carbocycles. The Labute approximate surface area is 200 Å². The van der Waals surface area contributed by atoms with Crippen LogP contribution in [0.15, 0.2) is 28.3 Å². The number of hydrogen-bond donors (Lipinski definition) is 0. The summed E-state index contributed by atoms with van der Waals surface area (Å²) in [4.78, 5) is 19.7. The van der Waals surface area contributed by atoms with Crippen molar-refractivity contribution in [1.82, 2.24) is 18.8 Å². The van der Waals surface area contributed by atoms with Gasteiger partial charge in [0, 0.05) is 32.7 Å². The second kappa shape index (κ2) is 10.3. The number of ether oxygens (including phenoxy) is 1. The van der Waals surface area contributed by atoms with E-state index in [2.05, 4.69) is 6.92 Å². The SMILES string of the molecule is CCn1c(SCC(=O)N(C)C2CCC(C)CC2)nc2cc(S(=O)(=O)N3CCOCC3)ccc21. The third kappa shape index (κ3) is 5.23. The van der Waals surface area contributed by atoms with Crippen molar-refractivity contribution in [2.24, 2.45) is 5.92 Å². The van der Waals surface area contributed by atoms with Crippen molar-refractivity contribution in [2.75, 3.05) is 39.1 Å². The molecule has 2 heterocycles. The zero-order valence-corrected chi connectivity index (χ0v) is 21.3. The number of carbonyl (C=O) groups is 1. The van der Waals surface area contributed by atoms with Crippen LogP contribution in [-0.2, 0) is 26.1 Å². The van der Waals surface area contributed by atoms with Gasteiger partial charge in [0.05, 0.1) is 34.9 Å². The number of nitrogens with zero attached hydrogens (tertiary/aromatic N) is 4. The van der Waals surface area contributed by atoms with Gasteiger partial charge >= 0.3 is 0 Å². The lowest BCUT2D eigenvalue weighted by Gasteiger charge is -2.33. The summed E-state index contributed by atoms with van der Waals surface area (Å²) in [6.07, 6.45) is 4.50. The third-order valence-electron chi connectivity index (χ3n) is 6.86. The molecule has 4 rings (SSSR count). The molecule has 182 valence electrons. The van der Waals surface area contributed by atoms with E-state index in [-0.39, 0.29) is 10.8 Å². The van der Waals surface area contributed by atoms with E-state index in [9.17, 15) is 13.2 Å². The minimum absolute atomic E-state index is 0.116. The Morgan fingerprint density at radius 1 is 1.21 bits per heavy atom. The van der Waals surface area contributed by atoms with Gasteiger partial charge in [-0.15, -0.1) is 0 Å². The highest BCUT2D eigenvalue weighted by Gasteiger charge is 2.28. The molecule has 0 spiro atoms. The second-order valence-corrected chi connectivity index (χ2v) is 11.9. The molecule has 0 unspecified atom stereocenters. The van der Waals surface area contributed by atoms with E-state index in [1.165, 1.54) is 28.9 Å². The topological polar surface area (TPSA) is 84.7 Å². The number of morpholine rings is 1. The van der Waals surface area contributed by atoms with Crippen LogP contribution in [0.4, 0.5) is 0 Å². The van der Waals surface area contributed by atoms with Crippen LogP contribution in [0.1, 0.15) is 39.5 Å². The highest BCUT2D eigenvalue weighted by molar-refractivity contribution is 7.99. The van der Waals surface area contributed by atoms with Crippen LogP contribution in [0.25, 0.3) is 11.0 Å². The Bertz CT molecular complexity index is 1090. The van der Waals surface area contributed by atoms with Crippen LogP contribution in [0.3, 0.4) is 0 Å². The number of aryl methyl sites for hydroxylation is 1. The molecule has 2 aliphatic rings. The lowest BCUT2D eigenvalue weighted by atomic mass is 9.87. The fraction of sp³-hybridized carbons (Fsp3) is 0.652. The van der Waals surface area contributed by atoms with Crippen molar-refractivity contribution in [3.63, 3.8) is 0 Å². The van der Waals surface area contributed by atoms with Gasteiger partial charge in [-0.25, -0.2) is 13.4 Å². The number of imidazole rings is 1. The number of fused-ring (bicyclic) bond motifs is 1. The quantitative estimate of drug-likeness (QED) is 0.550. The first-order valence-corrected chi connectivity index (χ1v) is 14.2. The molecule has 1 aliphatic heterocycles. The van der Waals surface area contributed by atoms with Gasteiger partial charge in [-0.3, -0.25) is 4.79 Å². The lowest BCUT2D eigenvalue weighted by Crippen LogP contribution is -2.40. The summed E-state index contributed by atoms with van der Waals surface area (Å²) >= 11 is 1.42. The Morgan fingerprint density at radius 3 is 2.58 bits per heavy atom. The number of rotatable bonds is 7. The van der Waals surface area contributed by atoms with Gasteiger partial charge in [0.1, 0.15) is 0 Å². The zero-order valence-electron chi connectivity index (χ0n) is 19.7. The van der Waals surface area contributed by atoms with Crippen molar-refractivity contribution >= 4 is 38.7 Å². The first-order valence-electron chi connectivity index (χ1n) is 11.8. The Kier molecular flexibility index (Phi) is 7.67. The number of carbonyl (C=O) groups excluding carboxylic acids is 1. The molecule has 2 aromatic rings. The largest absolute Gasteiger partial charge is 0.379 e. The highest BCUT2D eigenvalue weighted by atomic mass is 32.2. The van der Waals surface area contributed by atoms with Gasteiger partial charge in [-0.2, -0.15) is 4.31 Å². The van der Waals surface area contributed by atoms with Crippen LogP contribution in [0.5, 0.6) is 0 Å². The maximum atomic E-state index is 13.0. The van der Waals surface area contributed by atoms with Crippen LogP contribution >= 0.6 is 11.8 Å². The number of benzene rings is 1. The summed E-state index contributed by atoms with van der Waals surface area (Å²) in [7, 11) is -1.67. The van der Waals surface area contributed by atoms with Gasteiger partial charge in [0.2, 0.25) is 15.9 Å². The van der Waals surface area contributed by atoms with Crippen LogP contribution in [0, 0.1) is 5.92 Å². The van der Waals surface area contributed by atoms with E-state index in [0.717, 1.165) is 29.4 Å². The van der Waals surface area contributed by atoms with Gasteiger partial charge in [-0.05, 0) is 56.7 Å². The summed E-state index contributed by atoms with van der Waals surface area (Å²) in [6, 6.07) is 5.44. The predicted molar refractivity (Wildman–Crippen MR) is 130 cm³/mol. The van der Waals surface area contributed by atoms with E-state index in [4.69, 9.17) is 9.72 Å². The van der Waals surface area contributed by atoms with Crippen molar-refractivity contribution in [1.29, 1.82) is 0 Å². The first kappa shape index (κ1) is 24.5. The molecule has 8 nitrogen and oxygen atoms in total. The maximum absolute atomic E-state index is 13.0. The van der Waals surface area contributed by atoms with Gasteiger partial charge in [0.25, 0.3) is 0 Å². The smallest absolute Gasteiger partial charge is 0.243 e. The summed E-state index contributed by atoms with van der Waals surface area (Å²) in [5, 5.41) is 0.743. The molecular formula is C23H34N4O4S2. The molecule has 1 aromatic carbocycles. The molecule has 2 fully saturated rings. The number of amides is 1. The summed E-state index contributed by atoms with van der Waals surface area (Å²) < 4.78 is 34.9. The van der Waals surface area contributed by atoms with Crippen LogP contribution in [-0.4, -0.2) is 78.2 Å². The number of aromatic nitrogens is 2. The summed E-state index contributed by atoms with van der Waals surface area (Å²) in [5.74, 6) is 1.19. The first-order chi connectivity index (χ1) is 15.8. The van der Waals surface area contributed by atoms with Gasteiger partial charge < -0.3 is 14.2 Å². The molecule has 0 bridgehead atoms. The van der Waals surface area contributed by atoms with Crippen molar-refractivity contribution in [3.8, 4) is 0 Å². The predicted octanol–water partition coefficient (Wildman–Crippen LogP) is 3.21. The Morgan fingerprint density at radius 2 is 1.91 bits per heavy atom. The normalized spacial score (nSPS) is 22.5. The number of sulfonamides is 1.